The highest BCUT2D eigenvalue weighted by molar-refractivity contribution is 8.18. The van der Waals surface area contributed by atoms with Crippen LogP contribution in [-0.2, 0) is 4.79 Å². The summed E-state index contributed by atoms with van der Waals surface area (Å²) in [5.41, 5.74) is 0. The maximum atomic E-state index is 11.2. The number of hydrogen-bond donors (Lipinski definition) is 1. The molecule has 0 unspecified atom stereocenters. The molecule has 2 heterocycles. The molecule has 0 aliphatic carbocycles. The zero-order valence-corrected chi connectivity index (χ0v) is 8.60. The SMILES string of the molecule is O=C1NC(=O)/C(=C/N2CCCCC2)S1. The molecule has 0 spiro atoms. The van der Waals surface area contributed by atoms with E-state index in [0.717, 1.165) is 24.9 Å². The second-order valence-corrected chi connectivity index (χ2v) is 4.45. The first-order valence-electron chi connectivity index (χ1n) is 4.75. The van der Waals surface area contributed by atoms with E-state index in [-0.39, 0.29) is 11.1 Å². The quantitative estimate of drug-likeness (QED) is 0.665. The summed E-state index contributed by atoms with van der Waals surface area (Å²) in [7, 11) is 0. The van der Waals surface area contributed by atoms with Crippen LogP contribution in [0.25, 0.3) is 0 Å². The van der Waals surface area contributed by atoms with E-state index < -0.39 is 0 Å². The van der Waals surface area contributed by atoms with Gasteiger partial charge in [-0.05, 0) is 31.0 Å². The van der Waals surface area contributed by atoms with E-state index in [1.165, 1.54) is 19.3 Å². The van der Waals surface area contributed by atoms with Crippen LogP contribution in [0, 0.1) is 0 Å². The normalized spacial score (nSPS) is 25.7. The summed E-state index contributed by atoms with van der Waals surface area (Å²) in [5.74, 6) is -0.259. The zero-order chi connectivity index (χ0) is 9.97. The average Bonchev–Trinajstić information content (AvgIpc) is 2.47. The van der Waals surface area contributed by atoms with Crippen LogP contribution in [0.4, 0.5) is 4.79 Å². The van der Waals surface area contributed by atoms with E-state index in [1.54, 1.807) is 0 Å². The molecule has 14 heavy (non-hydrogen) atoms. The minimum Gasteiger partial charge on any atom is -0.376 e. The predicted octanol–water partition coefficient (Wildman–Crippen LogP) is 1.30. The topological polar surface area (TPSA) is 49.4 Å². The fraction of sp³-hybridized carbons (Fsp3) is 0.556. The van der Waals surface area contributed by atoms with Crippen LogP contribution in [0.3, 0.4) is 0 Å². The Kier molecular flexibility index (Phi) is 2.77. The molecule has 0 atom stereocenters. The van der Waals surface area contributed by atoms with Gasteiger partial charge in [0.05, 0.1) is 4.91 Å². The van der Waals surface area contributed by atoms with Gasteiger partial charge >= 0.3 is 0 Å². The van der Waals surface area contributed by atoms with E-state index in [2.05, 4.69) is 10.2 Å². The molecule has 2 amide bonds. The van der Waals surface area contributed by atoms with Crippen LogP contribution in [0.15, 0.2) is 11.1 Å². The summed E-state index contributed by atoms with van der Waals surface area (Å²) in [5, 5.41) is 1.98. The lowest BCUT2D eigenvalue weighted by Crippen LogP contribution is -2.25. The monoisotopic (exact) mass is 212 g/mol. The van der Waals surface area contributed by atoms with Gasteiger partial charge in [-0.3, -0.25) is 14.9 Å². The van der Waals surface area contributed by atoms with E-state index in [4.69, 9.17) is 0 Å². The highest BCUT2D eigenvalue weighted by Crippen LogP contribution is 2.24. The molecule has 2 rings (SSSR count). The first kappa shape index (κ1) is 9.58. The van der Waals surface area contributed by atoms with Crippen LogP contribution in [0.5, 0.6) is 0 Å². The third kappa shape index (κ3) is 2.09. The van der Waals surface area contributed by atoms with Crippen molar-refractivity contribution in [2.45, 2.75) is 19.3 Å². The second kappa shape index (κ2) is 4.04. The Morgan fingerprint density at radius 1 is 1.21 bits per heavy atom. The number of nitrogens with zero attached hydrogens (tertiary/aromatic N) is 1. The summed E-state index contributed by atoms with van der Waals surface area (Å²) in [6, 6.07) is 0. The van der Waals surface area contributed by atoms with Gasteiger partial charge in [-0.1, -0.05) is 0 Å². The van der Waals surface area contributed by atoms with E-state index in [1.807, 2.05) is 6.20 Å². The summed E-state index contributed by atoms with van der Waals surface area (Å²) in [6.45, 7) is 1.98. The predicted molar refractivity (Wildman–Crippen MR) is 54.6 cm³/mol. The molecule has 0 bridgehead atoms. The van der Waals surface area contributed by atoms with Crippen molar-refractivity contribution in [1.82, 2.24) is 10.2 Å². The van der Waals surface area contributed by atoms with Gasteiger partial charge in [-0.2, -0.15) is 0 Å². The number of rotatable bonds is 1. The van der Waals surface area contributed by atoms with E-state index in [0.29, 0.717) is 4.91 Å². The largest absolute Gasteiger partial charge is 0.376 e. The molecule has 0 aromatic rings. The van der Waals surface area contributed by atoms with Crippen LogP contribution < -0.4 is 5.32 Å². The van der Waals surface area contributed by atoms with Crippen molar-refractivity contribution in [3.63, 3.8) is 0 Å². The number of piperidine rings is 1. The Balaban J connectivity index is 2.02. The zero-order valence-electron chi connectivity index (χ0n) is 7.78. The molecule has 2 fully saturated rings. The van der Waals surface area contributed by atoms with Crippen LogP contribution in [0.2, 0.25) is 0 Å². The summed E-state index contributed by atoms with van der Waals surface area (Å²) in [4.78, 5) is 24.7. The Labute approximate surface area is 86.7 Å². The van der Waals surface area contributed by atoms with Crippen molar-refractivity contribution >= 4 is 22.9 Å². The molecule has 0 radical (unpaired) electrons. The lowest BCUT2D eigenvalue weighted by molar-refractivity contribution is -0.115. The minimum atomic E-state index is -0.266. The van der Waals surface area contributed by atoms with Gasteiger partial charge < -0.3 is 4.90 Å². The van der Waals surface area contributed by atoms with Crippen molar-refractivity contribution in [1.29, 1.82) is 0 Å². The van der Waals surface area contributed by atoms with Crippen molar-refractivity contribution < 1.29 is 9.59 Å². The molecule has 76 valence electrons. The van der Waals surface area contributed by atoms with Gasteiger partial charge in [-0.15, -0.1) is 0 Å². The van der Waals surface area contributed by atoms with Crippen LogP contribution in [0.1, 0.15) is 19.3 Å². The minimum absolute atomic E-state index is 0.259. The van der Waals surface area contributed by atoms with Crippen molar-refractivity contribution in [2.24, 2.45) is 0 Å². The van der Waals surface area contributed by atoms with Crippen molar-refractivity contribution in [2.75, 3.05) is 13.1 Å². The fourth-order valence-electron chi connectivity index (χ4n) is 1.62. The van der Waals surface area contributed by atoms with Gasteiger partial charge in [0.15, 0.2) is 0 Å². The Hall–Kier alpha value is -0.970. The molecule has 2 aliphatic heterocycles. The smallest absolute Gasteiger partial charge is 0.290 e. The van der Waals surface area contributed by atoms with E-state index >= 15 is 0 Å². The lowest BCUT2D eigenvalue weighted by atomic mass is 10.1. The molecule has 0 aromatic heterocycles. The number of imide groups is 1. The molecule has 2 saturated heterocycles. The van der Waals surface area contributed by atoms with E-state index in [9.17, 15) is 9.59 Å². The Bertz CT molecular complexity index is 295. The van der Waals surface area contributed by atoms with Gasteiger partial charge in [0.1, 0.15) is 0 Å². The molecule has 5 heteroatoms. The number of thioether (sulfide) groups is 1. The van der Waals surface area contributed by atoms with Gasteiger partial charge in [0.25, 0.3) is 11.1 Å². The molecule has 2 aliphatic rings. The number of amides is 2. The summed E-state index contributed by atoms with van der Waals surface area (Å²) >= 11 is 0.987. The third-order valence-corrected chi connectivity index (χ3v) is 3.13. The second-order valence-electron chi connectivity index (χ2n) is 3.43. The fourth-order valence-corrected chi connectivity index (χ4v) is 2.31. The maximum Gasteiger partial charge on any atom is 0.290 e. The molecule has 4 nitrogen and oxygen atoms in total. The number of carbonyl (C=O) groups is 2. The highest BCUT2D eigenvalue weighted by atomic mass is 32.2. The Morgan fingerprint density at radius 3 is 2.50 bits per heavy atom. The maximum absolute atomic E-state index is 11.2. The van der Waals surface area contributed by atoms with Crippen molar-refractivity contribution in [3.8, 4) is 0 Å². The summed E-state index contributed by atoms with van der Waals surface area (Å²) in [6.07, 6.45) is 5.41. The van der Waals surface area contributed by atoms with Gasteiger partial charge in [-0.25, -0.2) is 0 Å². The molecular weight excluding hydrogens is 200 g/mol. The van der Waals surface area contributed by atoms with Crippen LogP contribution >= 0.6 is 11.8 Å². The number of carbonyl (C=O) groups excluding carboxylic acids is 2. The van der Waals surface area contributed by atoms with Crippen molar-refractivity contribution in [3.05, 3.63) is 11.1 Å². The molecule has 0 aromatic carbocycles. The van der Waals surface area contributed by atoms with Crippen LogP contribution in [-0.4, -0.2) is 29.1 Å². The first-order chi connectivity index (χ1) is 6.75. The summed E-state index contributed by atoms with van der Waals surface area (Å²) < 4.78 is 0. The lowest BCUT2D eigenvalue weighted by Gasteiger charge is -2.25. The van der Waals surface area contributed by atoms with Gasteiger partial charge in [0.2, 0.25) is 0 Å². The number of likely N-dealkylation sites (tertiary alicyclic amines) is 1. The Morgan fingerprint density at radius 2 is 1.93 bits per heavy atom. The average molecular weight is 212 g/mol. The number of nitrogens with one attached hydrogen (secondary N) is 1. The third-order valence-electron chi connectivity index (χ3n) is 2.33. The highest BCUT2D eigenvalue weighted by Gasteiger charge is 2.26. The molecule has 0 saturated carbocycles. The molecule has 1 N–H and O–H groups in total. The number of hydrogen-bond acceptors (Lipinski definition) is 4. The molecular formula is C9H12N2O2S. The first-order valence-corrected chi connectivity index (χ1v) is 5.56. The van der Waals surface area contributed by atoms with Gasteiger partial charge in [0, 0.05) is 19.3 Å². The standard InChI is InChI=1S/C9H12N2O2S/c12-8-7(14-9(13)10-8)6-11-4-2-1-3-5-11/h6H,1-5H2,(H,10,12,13)/b7-6-.